The van der Waals surface area contributed by atoms with E-state index in [4.69, 9.17) is 0 Å². The highest BCUT2D eigenvalue weighted by molar-refractivity contribution is 8.00. The van der Waals surface area contributed by atoms with E-state index in [1.165, 1.54) is 12.1 Å². The molecule has 0 fully saturated rings. The highest BCUT2D eigenvalue weighted by Gasteiger charge is 2.29. The van der Waals surface area contributed by atoms with E-state index in [1.807, 2.05) is 32.9 Å². The van der Waals surface area contributed by atoms with Crippen LogP contribution in [0.1, 0.15) is 20.8 Å². The van der Waals surface area contributed by atoms with Crippen LogP contribution in [-0.4, -0.2) is 26.0 Å². The third-order valence-electron chi connectivity index (χ3n) is 3.53. The minimum Gasteiger partial charge on any atom is -0.350 e. The summed E-state index contributed by atoms with van der Waals surface area (Å²) in [5, 5.41) is 6.31. The summed E-state index contributed by atoms with van der Waals surface area (Å²) in [5.41, 5.74) is -2.59. The molecule has 0 aliphatic heterocycles. The van der Waals surface area contributed by atoms with E-state index in [0.29, 0.717) is 23.1 Å². The molecule has 0 amide bonds. The van der Waals surface area contributed by atoms with Gasteiger partial charge in [0.05, 0.1) is 5.69 Å². The summed E-state index contributed by atoms with van der Waals surface area (Å²) in [6.45, 7) is 5.96. The molecule has 0 atom stereocenters. The smallest absolute Gasteiger partial charge is 0.350 e. The number of rotatable bonds is 5. The molecular formula is C20H20F3N5S. The molecule has 2 aromatic heterocycles. The van der Waals surface area contributed by atoms with Crippen LogP contribution < -0.4 is 10.6 Å². The first-order valence-corrected chi connectivity index (χ1v) is 9.60. The molecule has 0 radical (unpaired) electrons. The van der Waals surface area contributed by atoms with Gasteiger partial charge in [0.1, 0.15) is 5.82 Å². The lowest BCUT2D eigenvalue weighted by molar-refractivity contribution is -0.0328. The van der Waals surface area contributed by atoms with Crippen LogP contribution in [0.2, 0.25) is 0 Å². The van der Waals surface area contributed by atoms with Crippen LogP contribution in [0.3, 0.4) is 0 Å². The summed E-state index contributed by atoms with van der Waals surface area (Å²) in [6, 6.07) is 11.5. The zero-order valence-corrected chi connectivity index (χ0v) is 16.9. The Balaban J connectivity index is 1.94. The summed E-state index contributed by atoms with van der Waals surface area (Å²) in [4.78, 5) is 13.1. The van der Waals surface area contributed by atoms with Crippen LogP contribution >= 0.6 is 11.8 Å². The highest BCUT2D eigenvalue weighted by atomic mass is 32.2. The first-order valence-electron chi connectivity index (χ1n) is 8.78. The van der Waals surface area contributed by atoms with Crippen molar-refractivity contribution < 1.29 is 13.2 Å². The van der Waals surface area contributed by atoms with Gasteiger partial charge in [-0.2, -0.15) is 18.2 Å². The number of nitrogens with zero attached hydrogens (tertiary/aromatic N) is 3. The van der Waals surface area contributed by atoms with E-state index in [1.54, 1.807) is 30.6 Å². The summed E-state index contributed by atoms with van der Waals surface area (Å²) < 4.78 is 38.0. The fraction of sp³-hybridized carbons (Fsp3) is 0.250. The SMILES string of the molecule is CC(C)(C)Nc1nc(Nc2cccc(SC(F)(F)F)c2)cc(-c2ccncc2)n1. The van der Waals surface area contributed by atoms with Crippen LogP contribution in [0.5, 0.6) is 0 Å². The van der Waals surface area contributed by atoms with E-state index in [9.17, 15) is 13.2 Å². The fourth-order valence-corrected chi connectivity index (χ4v) is 3.09. The standard InChI is InChI=1S/C20H20F3N5S/c1-19(2,3)28-18-26-16(13-7-9-24-10-8-13)12-17(27-18)25-14-5-4-6-15(11-14)29-20(21,22)23/h4-12H,1-3H3,(H2,25,26,27,28). The predicted octanol–water partition coefficient (Wildman–Crippen LogP) is 6.10. The maximum atomic E-state index is 12.7. The molecule has 1 aromatic carbocycles. The lowest BCUT2D eigenvalue weighted by Gasteiger charge is -2.21. The molecule has 3 aromatic rings. The fourth-order valence-electron chi connectivity index (χ4n) is 2.49. The van der Waals surface area contributed by atoms with Gasteiger partial charge in [0.25, 0.3) is 0 Å². The molecule has 0 aliphatic rings. The quantitative estimate of drug-likeness (QED) is 0.487. The molecule has 5 nitrogen and oxygen atoms in total. The number of thioether (sulfide) groups is 1. The van der Waals surface area contributed by atoms with E-state index in [2.05, 4.69) is 25.6 Å². The molecule has 0 bridgehead atoms. The van der Waals surface area contributed by atoms with Gasteiger partial charge in [0, 0.05) is 40.1 Å². The Hall–Kier alpha value is -2.81. The maximum Gasteiger partial charge on any atom is 0.446 e. The van der Waals surface area contributed by atoms with Gasteiger partial charge in [-0.15, -0.1) is 0 Å². The lowest BCUT2D eigenvalue weighted by atomic mass is 10.1. The molecule has 3 rings (SSSR count). The van der Waals surface area contributed by atoms with Crippen molar-refractivity contribution in [3.63, 3.8) is 0 Å². The van der Waals surface area contributed by atoms with Crippen LogP contribution in [-0.2, 0) is 0 Å². The molecular weight excluding hydrogens is 399 g/mol. The van der Waals surface area contributed by atoms with Crippen LogP contribution in [0, 0.1) is 0 Å². The molecule has 0 saturated heterocycles. The average molecular weight is 419 g/mol. The molecule has 2 N–H and O–H groups in total. The van der Waals surface area contributed by atoms with Gasteiger partial charge in [0.2, 0.25) is 5.95 Å². The number of aromatic nitrogens is 3. The normalized spacial score (nSPS) is 11.9. The van der Waals surface area contributed by atoms with E-state index in [-0.39, 0.29) is 22.2 Å². The van der Waals surface area contributed by atoms with Crippen molar-refractivity contribution in [2.75, 3.05) is 10.6 Å². The minimum atomic E-state index is -4.34. The number of pyridine rings is 1. The van der Waals surface area contributed by atoms with E-state index in [0.717, 1.165) is 5.56 Å². The Morgan fingerprint density at radius 2 is 1.66 bits per heavy atom. The zero-order chi connectivity index (χ0) is 21.1. The number of alkyl halides is 3. The third-order valence-corrected chi connectivity index (χ3v) is 4.25. The van der Waals surface area contributed by atoms with Gasteiger partial charge in [-0.3, -0.25) is 4.98 Å². The van der Waals surface area contributed by atoms with Crippen molar-refractivity contribution in [3.8, 4) is 11.3 Å². The zero-order valence-electron chi connectivity index (χ0n) is 16.1. The largest absolute Gasteiger partial charge is 0.446 e. The van der Waals surface area contributed by atoms with Crippen LogP contribution in [0.25, 0.3) is 11.3 Å². The topological polar surface area (TPSA) is 62.7 Å². The van der Waals surface area contributed by atoms with Gasteiger partial charge in [0.15, 0.2) is 0 Å². The van der Waals surface area contributed by atoms with Crippen molar-refractivity contribution in [1.82, 2.24) is 15.0 Å². The third kappa shape index (κ3) is 6.63. The first kappa shape index (κ1) is 20.9. The Kier molecular flexibility index (Phi) is 5.97. The van der Waals surface area contributed by atoms with Crippen molar-refractivity contribution in [1.29, 1.82) is 0 Å². The number of hydrogen-bond donors (Lipinski definition) is 2. The Bertz CT molecular complexity index is 972. The highest BCUT2D eigenvalue weighted by Crippen LogP contribution is 2.38. The number of hydrogen-bond acceptors (Lipinski definition) is 6. The van der Waals surface area contributed by atoms with Crippen LogP contribution in [0.4, 0.5) is 30.6 Å². The average Bonchev–Trinajstić information content (AvgIpc) is 2.59. The van der Waals surface area contributed by atoms with Crippen LogP contribution in [0.15, 0.2) is 59.8 Å². The molecule has 0 spiro atoms. The van der Waals surface area contributed by atoms with Gasteiger partial charge < -0.3 is 10.6 Å². The Morgan fingerprint density at radius 3 is 2.31 bits per heavy atom. The molecule has 0 unspecified atom stereocenters. The van der Waals surface area contributed by atoms with Crippen molar-refractivity contribution in [2.24, 2.45) is 0 Å². The Morgan fingerprint density at radius 1 is 0.931 bits per heavy atom. The summed E-state index contributed by atoms with van der Waals surface area (Å²) in [7, 11) is 0. The van der Waals surface area contributed by atoms with Gasteiger partial charge in [-0.05, 0) is 62.9 Å². The second-order valence-electron chi connectivity index (χ2n) is 7.27. The van der Waals surface area contributed by atoms with Gasteiger partial charge in [-0.25, -0.2) is 4.98 Å². The Labute approximate surface area is 171 Å². The van der Waals surface area contributed by atoms with Crippen molar-refractivity contribution in [2.45, 2.75) is 36.7 Å². The predicted molar refractivity (Wildman–Crippen MR) is 110 cm³/mol. The molecule has 9 heteroatoms. The molecule has 2 heterocycles. The summed E-state index contributed by atoms with van der Waals surface area (Å²) >= 11 is -0.156. The first-order chi connectivity index (χ1) is 13.6. The van der Waals surface area contributed by atoms with Gasteiger partial charge >= 0.3 is 5.51 Å². The monoisotopic (exact) mass is 419 g/mol. The van der Waals surface area contributed by atoms with E-state index < -0.39 is 5.51 Å². The molecule has 0 saturated carbocycles. The lowest BCUT2D eigenvalue weighted by Crippen LogP contribution is -2.27. The number of benzene rings is 1. The van der Waals surface area contributed by atoms with E-state index >= 15 is 0 Å². The maximum absolute atomic E-state index is 12.7. The second-order valence-corrected chi connectivity index (χ2v) is 8.41. The van der Waals surface area contributed by atoms with Gasteiger partial charge in [-0.1, -0.05) is 6.07 Å². The van der Waals surface area contributed by atoms with Crippen molar-refractivity contribution >= 4 is 29.2 Å². The molecule has 29 heavy (non-hydrogen) atoms. The second kappa shape index (κ2) is 8.28. The molecule has 152 valence electrons. The number of anilines is 3. The summed E-state index contributed by atoms with van der Waals surface area (Å²) in [6.07, 6.45) is 3.33. The minimum absolute atomic E-state index is 0.0963. The number of halogens is 3. The molecule has 0 aliphatic carbocycles. The van der Waals surface area contributed by atoms with Crippen molar-refractivity contribution in [3.05, 3.63) is 54.9 Å². The number of nitrogens with one attached hydrogen (secondary N) is 2. The summed E-state index contributed by atoms with van der Waals surface area (Å²) in [5.74, 6) is 0.878.